The summed E-state index contributed by atoms with van der Waals surface area (Å²) in [5.74, 6) is 0.804. The molecule has 0 amide bonds. The first kappa shape index (κ1) is 16.0. The summed E-state index contributed by atoms with van der Waals surface area (Å²) in [7, 11) is 0. The van der Waals surface area contributed by atoms with Crippen LogP contribution in [0.15, 0.2) is 73.6 Å². The lowest BCUT2D eigenvalue weighted by atomic mass is 10.2. The maximum absolute atomic E-state index is 4.45. The molecule has 0 unspecified atom stereocenters. The molecule has 0 bridgehead atoms. The van der Waals surface area contributed by atoms with Gasteiger partial charge in [0, 0.05) is 55.1 Å². The summed E-state index contributed by atoms with van der Waals surface area (Å²) in [6.07, 6.45) is 10.8. The Balaban J connectivity index is 1.54. The Kier molecular flexibility index (Phi) is 4.64. The van der Waals surface area contributed by atoms with Crippen LogP contribution in [0.3, 0.4) is 0 Å². The van der Waals surface area contributed by atoms with Crippen LogP contribution in [-0.4, -0.2) is 19.9 Å². The topological polar surface area (TPSA) is 75.6 Å². The first-order valence-corrected chi connectivity index (χ1v) is 8.39. The number of aromatic nitrogens is 4. The fourth-order valence-corrected chi connectivity index (χ4v) is 2.69. The number of rotatable bonds is 6. The average Bonchev–Trinajstić information content (AvgIpc) is 2.72. The minimum absolute atomic E-state index is 0.672. The summed E-state index contributed by atoms with van der Waals surface area (Å²) in [6.45, 7) is 1.37. The van der Waals surface area contributed by atoms with Crippen LogP contribution in [0.1, 0.15) is 11.1 Å². The van der Waals surface area contributed by atoms with Crippen LogP contribution in [0.25, 0.3) is 10.9 Å². The van der Waals surface area contributed by atoms with E-state index in [0.717, 1.165) is 33.5 Å². The van der Waals surface area contributed by atoms with Crippen molar-refractivity contribution in [2.75, 3.05) is 10.6 Å². The molecule has 4 aromatic rings. The number of hydrogen-bond donors (Lipinski definition) is 2. The van der Waals surface area contributed by atoms with Gasteiger partial charge >= 0.3 is 0 Å². The monoisotopic (exact) mass is 342 g/mol. The van der Waals surface area contributed by atoms with Crippen LogP contribution in [0.4, 0.5) is 11.5 Å². The van der Waals surface area contributed by atoms with Gasteiger partial charge in [0.25, 0.3) is 0 Å². The molecule has 6 heteroatoms. The van der Waals surface area contributed by atoms with Gasteiger partial charge in [0.1, 0.15) is 5.82 Å². The fraction of sp³-hybridized carbons (Fsp3) is 0.100. The van der Waals surface area contributed by atoms with Crippen molar-refractivity contribution >= 4 is 22.4 Å². The average molecular weight is 342 g/mol. The largest absolute Gasteiger partial charge is 0.380 e. The summed E-state index contributed by atoms with van der Waals surface area (Å²) in [6, 6.07) is 11.9. The minimum atomic E-state index is 0.672. The third kappa shape index (κ3) is 3.75. The van der Waals surface area contributed by atoms with Gasteiger partial charge in [-0.3, -0.25) is 15.0 Å². The fourth-order valence-electron chi connectivity index (χ4n) is 2.69. The molecular formula is C20H18N6. The summed E-state index contributed by atoms with van der Waals surface area (Å²) < 4.78 is 0. The maximum Gasteiger partial charge on any atom is 0.126 e. The third-order valence-corrected chi connectivity index (χ3v) is 4.03. The first-order valence-electron chi connectivity index (χ1n) is 8.39. The van der Waals surface area contributed by atoms with Gasteiger partial charge in [-0.25, -0.2) is 4.98 Å². The highest BCUT2D eigenvalue weighted by molar-refractivity contribution is 5.92. The summed E-state index contributed by atoms with van der Waals surface area (Å²) >= 11 is 0. The van der Waals surface area contributed by atoms with Gasteiger partial charge in [0.15, 0.2) is 0 Å². The highest BCUT2D eigenvalue weighted by atomic mass is 15.0. The predicted molar refractivity (Wildman–Crippen MR) is 103 cm³/mol. The molecule has 128 valence electrons. The number of anilines is 2. The Morgan fingerprint density at radius 1 is 0.731 bits per heavy atom. The van der Waals surface area contributed by atoms with Crippen LogP contribution >= 0.6 is 0 Å². The molecule has 4 rings (SSSR count). The van der Waals surface area contributed by atoms with Crippen LogP contribution in [0.2, 0.25) is 0 Å². The van der Waals surface area contributed by atoms with Crippen molar-refractivity contribution in [2.24, 2.45) is 0 Å². The standard InChI is InChI=1S/C20H18N6/c1-3-15(10-21-6-1)12-24-18-5-8-23-19-14-26-20(9-17(18)19)25-13-16-4-2-7-22-11-16/h1-11,14H,12-13H2,(H,23,24)(H,25,26). The first-order chi connectivity index (χ1) is 12.9. The van der Waals surface area contributed by atoms with E-state index in [2.05, 4.69) is 30.6 Å². The smallest absolute Gasteiger partial charge is 0.126 e. The second-order valence-corrected chi connectivity index (χ2v) is 5.87. The van der Waals surface area contributed by atoms with E-state index in [1.54, 1.807) is 24.8 Å². The molecule has 4 aromatic heterocycles. The molecule has 4 heterocycles. The molecule has 0 spiro atoms. The van der Waals surface area contributed by atoms with Gasteiger partial charge in [0.2, 0.25) is 0 Å². The zero-order chi connectivity index (χ0) is 17.6. The van der Waals surface area contributed by atoms with Gasteiger partial charge in [-0.05, 0) is 35.4 Å². The van der Waals surface area contributed by atoms with Crippen molar-refractivity contribution in [1.82, 2.24) is 19.9 Å². The molecule has 0 aliphatic carbocycles. The molecule has 0 fully saturated rings. The van der Waals surface area contributed by atoms with E-state index in [9.17, 15) is 0 Å². The number of nitrogens with one attached hydrogen (secondary N) is 2. The molecule has 0 aliphatic heterocycles. The predicted octanol–water partition coefficient (Wildman–Crippen LogP) is 3.64. The van der Waals surface area contributed by atoms with Crippen LogP contribution in [0, 0.1) is 0 Å². The molecule has 0 aliphatic rings. The summed E-state index contributed by atoms with van der Waals surface area (Å²) in [5.41, 5.74) is 4.11. The zero-order valence-electron chi connectivity index (χ0n) is 14.1. The molecule has 6 nitrogen and oxygen atoms in total. The molecule has 0 atom stereocenters. The van der Waals surface area contributed by atoms with Crippen molar-refractivity contribution < 1.29 is 0 Å². The highest BCUT2D eigenvalue weighted by Crippen LogP contribution is 2.24. The lowest BCUT2D eigenvalue weighted by Gasteiger charge is -2.11. The third-order valence-electron chi connectivity index (χ3n) is 4.03. The van der Waals surface area contributed by atoms with Crippen molar-refractivity contribution in [1.29, 1.82) is 0 Å². The van der Waals surface area contributed by atoms with E-state index in [1.165, 1.54) is 0 Å². The maximum atomic E-state index is 4.45. The molecule has 0 saturated heterocycles. The van der Waals surface area contributed by atoms with Crippen molar-refractivity contribution in [2.45, 2.75) is 13.1 Å². The quantitative estimate of drug-likeness (QED) is 0.557. The van der Waals surface area contributed by atoms with Crippen molar-refractivity contribution in [3.8, 4) is 0 Å². The molecular weight excluding hydrogens is 324 g/mol. The minimum Gasteiger partial charge on any atom is -0.380 e. The zero-order valence-corrected chi connectivity index (χ0v) is 14.1. The normalized spacial score (nSPS) is 10.6. The number of hydrogen-bond acceptors (Lipinski definition) is 6. The number of nitrogens with zero attached hydrogens (tertiary/aromatic N) is 4. The molecule has 26 heavy (non-hydrogen) atoms. The molecule has 0 aromatic carbocycles. The lowest BCUT2D eigenvalue weighted by molar-refractivity contribution is 1.09. The highest BCUT2D eigenvalue weighted by Gasteiger charge is 2.05. The Labute approximate surface area is 151 Å². The molecule has 0 saturated carbocycles. The molecule has 2 N–H and O–H groups in total. The van der Waals surface area contributed by atoms with Gasteiger partial charge < -0.3 is 10.6 Å². The second kappa shape index (κ2) is 7.57. The van der Waals surface area contributed by atoms with Crippen LogP contribution < -0.4 is 10.6 Å². The van der Waals surface area contributed by atoms with Crippen LogP contribution in [-0.2, 0) is 13.1 Å². The van der Waals surface area contributed by atoms with E-state index in [-0.39, 0.29) is 0 Å². The Morgan fingerprint density at radius 2 is 1.46 bits per heavy atom. The van der Waals surface area contributed by atoms with E-state index in [0.29, 0.717) is 13.1 Å². The van der Waals surface area contributed by atoms with Gasteiger partial charge in [0.05, 0.1) is 11.7 Å². The van der Waals surface area contributed by atoms with E-state index < -0.39 is 0 Å². The lowest BCUT2D eigenvalue weighted by Crippen LogP contribution is -2.03. The molecule has 0 radical (unpaired) electrons. The number of fused-ring (bicyclic) bond motifs is 1. The van der Waals surface area contributed by atoms with Crippen LogP contribution in [0.5, 0.6) is 0 Å². The number of pyridine rings is 4. The Morgan fingerprint density at radius 3 is 2.15 bits per heavy atom. The second-order valence-electron chi connectivity index (χ2n) is 5.87. The summed E-state index contributed by atoms with van der Waals surface area (Å²) in [5, 5.41) is 7.82. The Hall–Kier alpha value is -3.54. The van der Waals surface area contributed by atoms with Gasteiger partial charge in [-0.2, -0.15) is 0 Å². The van der Waals surface area contributed by atoms with E-state index in [1.807, 2.05) is 48.8 Å². The van der Waals surface area contributed by atoms with Gasteiger partial charge in [-0.15, -0.1) is 0 Å². The van der Waals surface area contributed by atoms with E-state index >= 15 is 0 Å². The van der Waals surface area contributed by atoms with Crippen molar-refractivity contribution in [3.63, 3.8) is 0 Å². The Bertz CT molecular complexity index is 989. The SMILES string of the molecule is c1cncc(CNc2cc3c(NCc4cccnc4)ccnc3cn2)c1. The summed E-state index contributed by atoms with van der Waals surface area (Å²) in [4.78, 5) is 17.1. The van der Waals surface area contributed by atoms with E-state index in [4.69, 9.17) is 0 Å². The van der Waals surface area contributed by atoms with Gasteiger partial charge in [-0.1, -0.05) is 12.1 Å². The van der Waals surface area contributed by atoms with Crippen molar-refractivity contribution in [3.05, 3.63) is 84.7 Å².